The van der Waals surface area contributed by atoms with Crippen LogP contribution >= 0.6 is 23.5 Å². The van der Waals surface area contributed by atoms with Gasteiger partial charge in [0.15, 0.2) is 5.44 Å². The molecular formula is C24H22OS2. The molecule has 4 aliphatic carbocycles. The van der Waals surface area contributed by atoms with Crippen molar-refractivity contribution in [1.29, 1.82) is 0 Å². The molecule has 4 bridgehead atoms. The lowest BCUT2D eigenvalue weighted by atomic mass is 9.96. The van der Waals surface area contributed by atoms with Gasteiger partial charge < -0.3 is 4.74 Å². The van der Waals surface area contributed by atoms with Crippen LogP contribution in [-0.4, -0.2) is 11.2 Å². The van der Waals surface area contributed by atoms with E-state index in [1.54, 1.807) is 0 Å². The van der Waals surface area contributed by atoms with Crippen molar-refractivity contribution in [2.45, 2.75) is 40.9 Å². The number of thioether (sulfide) groups is 2. The Kier molecular flexibility index (Phi) is 4.89. The summed E-state index contributed by atoms with van der Waals surface area (Å²) in [5.41, 5.74) is 5.80. The van der Waals surface area contributed by atoms with Crippen LogP contribution < -0.4 is 4.74 Å². The fraction of sp³-hybridized carbons (Fsp3) is 0.250. The van der Waals surface area contributed by atoms with E-state index in [1.807, 2.05) is 23.5 Å². The molecule has 27 heavy (non-hydrogen) atoms. The van der Waals surface area contributed by atoms with Crippen LogP contribution in [0, 0.1) is 0 Å². The monoisotopic (exact) mass is 390 g/mol. The van der Waals surface area contributed by atoms with Crippen molar-refractivity contribution in [3.05, 3.63) is 89.0 Å². The summed E-state index contributed by atoms with van der Waals surface area (Å²) < 4.78 is 6.57. The summed E-state index contributed by atoms with van der Waals surface area (Å²) in [4.78, 5) is 2.66. The molecule has 0 amide bonds. The minimum atomic E-state index is 0.171. The molecule has 5 aliphatic rings. The largest absolute Gasteiger partial charge is 0.477 e. The SMILES string of the molecule is c1ccc(S[C@H]2CSc3c4ccc(c3O2)CCc2ccc(cc2)CC4)cc1. The smallest absolute Gasteiger partial charge is 0.158 e. The van der Waals surface area contributed by atoms with Crippen LogP contribution in [0.2, 0.25) is 0 Å². The van der Waals surface area contributed by atoms with Gasteiger partial charge in [-0.1, -0.05) is 66.4 Å². The maximum absolute atomic E-state index is 6.57. The zero-order valence-corrected chi connectivity index (χ0v) is 16.8. The standard InChI is InChI=1S/C24H22OS2/c1-2-4-21(5-3-1)27-22-16-26-24-20-13-11-18-8-6-17(7-9-18)10-12-19(14-15-20)23(24)25-22/h1-9,14-15,22H,10-13,16H2/t22-/m0/s1. The van der Waals surface area contributed by atoms with Crippen LogP contribution in [0.15, 0.2) is 76.5 Å². The van der Waals surface area contributed by atoms with E-state index in [0.29, 0.717) is 0 Å². The average molecular weight is 391 g/mol. The Balaban J connectivity index is 1.45. The van der Waals surface area contributed by atoms with Crippen LogP contribution in [-0.2, 0) is 25.7 Å². The third-order valence-electron chi connectivity index (χ3n) is 5.29. The Morgan fingerprint density at radius 2 is 1.41 bits per heavy atom. The first kappa shape index (κ1) is 17.3. The first-order chi connectivity index (χ1) is 13.3. The molecule has 1 heterocycles. The summed E-state index contributed by atoms with van der Waals surface area (Å²) in [5, 5.41) is 0. The highest BCUT2D eigenvalue weighted by Crippen LogP contribution is 2.44. The summed E-state index contributed by atoms with van der Waals surface area (Å²) in [6.45, 7) is 0. The molecule has 3 aromatic carbocycles. The van der Waals surface area contributed by atoms with Gasteiger partial charge in [-0.05, 0) is 60.1 Å². The third-order valence-corrected chi connectivity index (χ3v) is 7.77. The summed E-state index contributed by atoms with van der Waals surface area (Å²) >= 11 is 3.81. The Labute approximate surface area is 169 Å². The predicted octanol–water partition coefficient (Wildman–Crippen LogP) is 6.17. The topological polar surface area (TPSA) is 9.23 Å². The summed E-state index contributed by atoms with van der Waals surface area (Å²) in [5.74, 6) is 2.14. The highest BCUT2D eigenvalue weighted by molar-refractivity contribution is 8.03. The fourth-order valence-electron chi connectivity index (χ4n) is 3.78. The number of ether oxygens (including phenoxy) is 1. The van der Waals surface area contributed by atoms with Gasteiger partial charge in [0, 0.05) is 10.6 Å². The van der Waals surface area contributed by atoms with E-state index in [-0.39, 0.29) is 5.44 Å². The molecule has 8 rings (SSSR count). The molecule has 0 radical (unpaired) electrons. The maximum Gasteiger partial charge on any atom is 0.158 e. The van der Waals surface area contributed by atoms with Crippen LogP contribution in [0.5, 0.6) is 5.75 Å². The van der Waals surface area contributed by atoms with Gasteiger partial charge in [0.25, 0.3) is 0 Å². The van der Waals surface area contributed by atoms with E-state index in [4.69, 9.17) is 4.74 Å². The molecule has 3 aromatic rings. The summed E-state index contributed by atoms with van der Waals surface area (Å²) in [6, 6.07) is 24.4. The third kappa shape index (κ3) is 3.76. The highest BCUT2D eigenvalue weighted by Gasteiger charge is 2.26. The molecule has 3 heteroatoms. The van der Waals surface area contributed by atoms with E-state index >= 15 is 0 Å². The van der Waals surface area contributed by atoms with Crippen LogP contribution in [0.25, 0.3) is 0 Å². The van der Waals surface area contributed by atoms with Crippen molar-refractivity contribution in [2.75, 3.05) is 5.75 Å². The second-order valence-electron chi connectivity index (χ2n) is 7.15. The number of benzene rings is 3. The number of rotatable bonds is 2. The molecule has 0 N–H and O–H groups in total. The molecule has 0 unspecified atom stereocenters. The first-order valence-corrected chi connectivity index (χ1v) is 11.5. The van der Waals surface area contributed by atoms with Crippen molar-refractivity contribution < 1.29 is 4.74 Å². The van der Waals surface area contributed by atoms with Crippen molar-refractivity contribution in [3.63, 3.8) is 0 Å². The Morgan fingerprint density at radius 3 is 2.15 bits per heavy atom. The lowest BCUT2D eigenvalue weighted by molar-refractivity contribution is 0.294. The predicted molar refractivity (Wildman–Crippen MR) is 115 cm³/mol. The van der Waals surface area contributed by atoms with E-state index in [0.717, 1.165) is 37.2 Å². The Hall–Kier alpha value is -1.84. The summed E-state index contributed by atoms with van der Waals surface area (Å²) in [7, 11) is 0. The van der Waals surface area contributed by atoms with E-state index in [1.165, 1.54) is 32.0 Å². The molecule has 1 nitrogen and oxygen atoms in total. The second-order valence-corrected chi connectivity index (χ2v) is 9.41. The van der Waals surface area contributed by atoms with Crippen molar-refractivity contribution >= 4 is 23.5 Å². The van der Waals surface area contributed by atoms with E-state index < -0.39 is 0 Å². The zero-order valence-electron chi connectivity index (χ0n) is 15.2. The maximum atomic E-state index is 6.57. The lowest BCUT2D eigenvalue weighted by Gasteiger charge is -2.29. The minimum absolute atomic E-state index is 0.171. The van der Waals surface area contributed by atoms with Gasteiger partial charge >= 0.3 is 0 Å². The number of hydrogen-bond acceptors (Lipinski definition) is 3. The number of hydrogen-bond donors (Lipinski definition) is 0. The first-order valence-electron chi connectivity index (χ1n) is 9.59. The Bertz CT molecular complexity index is 935. The van der Waals surface area contributed by atoms with Gasteiger partial charge in [-0.3, -0.25) is 0 Å². The van der Waals surface area contributed by atoms with Gasteiger partial charge in [-0.15, -0.1) is 11.8 Å². The lowest BCUT2D eigenvalue weighted by Crippen LogP contribution is -2.21. The van der Waals surface area contributed by atoms with E-state index in [2.05, 4.69) is 66.7 Å². The average Bonchev–Trinajstić information content (AvgIpc) is 2.71. The quantitative estimate of drug-likeness (QED) is 0.517. The highest BCUT2D eigenvalue weighted by atomic mass is 32.2. The molecule has 0 fully saturated rings. The van der Waals surface area contributed by atoms with Gasteiger partial charge in [-0.2, -0.15) is 0 Å². The van der Waals surface area contributed by atoms with E-state index in [9.17, 15) is 0 Å². The zero-order chi connectivity index (χ0) is 18.1. The molecule has 0 aromatic heterocycles. The van der Waals surface area contributed by atoms with Crippen LogP contribution in [0.1, 0.15) is 22.3 Å². The Morgan fingerprint density at radius 1 is 0.741 bits per heavy atom. The normalized spacial score (nSPS) is 18.3. The molecule has 0 saturated heterocycles. The molecule has 0 saturated carbocycles. The molecule has 0 spiro atoms. The van der Waals surface area contributed by atoms with Crippen molar-refractivity contribution in [3.8, 4) is 5.75 Å². The molecule has 1 aliphatic heterocycles. The molecule has 1 atom stereocenters. The second kappa shape index (κ2) is 7.65. The van der Waals surface area contributed by atoms with Crippen molar-refractivity contribution in [1.82, 2.24) is 0 Å². The van der Waals surface area contributed by atoms with Gasteiger partial charge in [-0.25, -0.2) is 0 Å². The van der Waals surface area contributed by atoms with Gasteiger partial charge in [0.1, 0.15) is 5.75 Å². The van der Waals surface area contributed by atoms with Gasteiger partial charge in [0.05, 0.1) is 4.90 Å². The van der Waals surface area contributed by atoms with Crippen molar-refractivity contribution in [2.24, 2.45) is 0 Å². The summed E-state index contributed by atoms with van der Waals surface area (Å²) in [6.07, 6.45) is 4.27. The molecule has 136 valence electrons. The van der Waals surface area contributed by atoms with Gasteiger partial charge in [0.2, 0.25) is 0 Å². The molecular weight excluding hydrogens is 368 g/mol. The number of aryl methyl sites for hydroxylation is 4. The fourth-order valence-corrected chi connectivity index (χ4v) is 6.06. The van der Waals surface area contributed by atoms with Crippen LogP contribution in [0.4, 0.5) is 0 Å². The van der Waals surface area contributed by atoms with Crippen LogP contribution in [0.3, 0.4) is 0 Å². The minimum Gasteiger partial charge on any atom is -0.477 e.